The van der Waals surface area contributed by atoms with Gasteiger partial charge in [-0.25, -0.2) is 4.79 Å². The minimum absolute atomic E-state index is 0.0321. The van der Waals surface area contributed by atoms with Crippen molar-refractivity contribution in [1.82, 2.24) is 4.90 Å². The van der Waals surface area contributed by atoms with Crippen molar-refractivity contribution in [3.63, 3.8) is 0 Å². The number of benzene rings is 2. The van der Waals surface area contributed by atoms with E-state index < -0.39 is 0 Å². The second kappa shape index (κ2) is 8.45. The number of piperidine rings is 1. The van der Waals surface area contributed by atoms with Gasteiger partial charge < -0.3 is 14.4 Å². The average molecular weight is 376 g/mol. The Morgan fingerprint density at radius 3 is 2.50 bits per heavy atom. The fourth-order valence-electron chi connectivity index (χ4n) is 4.06. The quantitative estimate of drug-likeness (QED) is 0.798. The lowest BCUT2D eigenvalue weighted by atomic mass is 9.78. The van der Waals surface area contributed by atoms with Crippen LogP contribution in [0.25, 0.3) is 0 Å². The molecule has 2 heterocycles. The Bertz CT molecular complexity index is 840. The maximum atomic E-state index is 12.9. The minimum atomic E-state index is -0.276. The van der Waals surface area contributed by atoms with Gasteiger partial charge in [-0.1, -0.05) is 42.5 Å². The van der Waals surface area contributed by atoms with Gasteiger partial charge in [-0.3, -0.25) is 0 Å². The van der Waals surface area contributed by atoms with Gasteiger partial charge in [0.1, 0.15) is 6.61 Å². The van der Waals surface area contributed by atoms with Crippen LogP contribution in [0.4, 0.5) is 4.79 Å². The molecule has 2 unspecified atom stereocenters. The van der Waals surface area contributed by atoms with E-state index in [4.69, 9.17) is 14.7 Å². The SMILES string of the molecule is N#Cc1ccc(C2CC(C3COC3)CCN2C(=O)OCc2ccccc2)cc1. The first kappa shape index (κ1) is 18.5. The molecule has 0 radical (unpaired) electrons. The number of likely N-dealkylation sites (tertiary alicyclic amines) is 1. The third-order valence-electron chi connectivity index (χ3n) is 5.84. The molecule has 2 aromatic rings. The van der Waals surface area contributed by atoms with Gasteiger partial charge in [0, 0.05) is 12.5 Å². The molecule has 0 aliphatic carbocycles. The molecule has 0 bridgehead atoms. The maximum absolute atomic E-state index is 12.9. The van der Waals surface area contributed by atoms with Gasteiger partial charge in [-0.05, 0) is 42.0 Å². The third kappa shape index (κ3) is 4.02. The number of ether oxygens (including phenoxy) is 2. The Kier molecular flexibility index (Phi) is 5.59. The molecule has 2 aliphatic rings. The maximum Gasteiger partial charge on any atom is 0.410 e. The van der Waals surface area contributed by atoms with Crippen LogP contribution in [0.2, 0.25) is 0 Å². The first-order valence-electron chi connectivity index (χ1n) is 9.79. The van der Waals surface area contributed by atoms with E-state index in [9.17, 15) is 4.79 Å². The second-order valence-corrected chi connectivity index (χ2v) is 7.57. The van der Waals surface area contributed by atoms with Crippen LogP contribution in [0.3, 0.4) is 0 Å². The summed E-state index contributed by atoms with van der Waals surface area (Å²) in [5, 5.41) is 9.06. The molecule has 4 rings (SSSR count). The molecule has 0 N–H and O–H groups in total. The van der Waals surface area contributed by atoms with Gasteiger partial charge in [0.15, 0.2) is 0 Å². The molecule has 2 atom stereocenters. The standard InChI is InChI=1S/C23H24N2O3/c24-13-17-6-8-19(9-7-17)22-12-20(21-15-27-16-21)10-11-25(22)23(26)28-14-18-4-2-1-3-5-18/h1-9,20-22H,10-12,14-16H2. The van der Waals surface area contributed by atoms with Gasteiger partial charge in [-0.15, -0.1) is 0 Å². The molecule has 144 valence electrons. The monoisotopic (exact) mass is 376 g/mol. The Morgan fingerprint density at radius 2 is 1.86 bits per heavy atom. The van der Waals surface area contributed by atoms with Crippen LogP contribution in [0.1, 0.15) is 35.6 Å². The molecule has 2 fully saturated rings. The Balaban J connectivity index is 1.49. The van der Waals surface area contributed by atoms with Crippen LogP contribution in [0.15, 0.2) is 54.6 Å². The second-order valence-electron chi connectivity index (χ2n) is 7.57. The summed E-state index contributed by atoms with van der Waals surface area (Å²) in [5.41, 5.74) is 2.66. The van der Waals surface area contributed by atoms with Gasteiger partial charge in [0.2, 0.25) is 0 Å². The van der Waals surface area contributed by atoms with Gasteiger partial charge in [-0.2, -0.15) is 5.26 Å². The lowest BCUT2D eigenvalue weighted by Gasteiger charge is -2.43. The number of carbonyl (C=O) groups excluding carboxylic acids is 1. The van der Waals surface area contributed by atoms with E-state index in [-0.39, 0.29) is 18.7 Å². The number of amides is 1. The highest BCUT2D eigenvalue weighted by Gasteiger charge is 2.38. The number of hydrogen-bond donors (Lipinski definition) is 0. The largest absolute Gasteiger partial charge is 0.445 e. The highest BCUT2D eigenvalue weighted by molar-refractivity contribution is 5.68. The molecule has 2 aliphatic heterocycles. The van der Waals surface area contributed by atoms with Crippen molar-refractivity contribution in [3.05, 3.63) is 71.3 Å². The number of hydrogen-bond acceptors (Lipinski definition) is 4. The van der Waals surface area contributed by atoms with Crippen molar-refractivity contribution in [1.29, 1.82) is 5.26 Å². The van der Waals surface area contributed by atoms with Crippen molar-refractivity contribution < 1.29 is 14.3 Å². The summed E-state index contributed by atoms with van der Waals surface area (Å²) in [5.74, 6) is 1.14. The Morgan fingerprint density at radius 1 is 1.11 bits per heavy atom. The van der Waals surface area contributed by atoms with E-state index in [2.05, 4.69) is 6.07 Å². The third-order valence-corrected chi connectivity index (χ3v) is 5.84. The highest BCUT2D eigenvalue weighted by Crippen LogP contribution is 2.40. The van der Waals surface area contributed by atoms with Gasteiger partial charge >= 0.3 is 6.09 Å². The summed E-state index contributed by atoms with van der Waals surface area (Å²) >= 11 is 0. The zero-order valence-electron chi connectivity index (χ0n) is 15.8. The van der Waals surface area contributed by atoms with E-state index in [1.54, 1.807) is 0 Å². The summed E-state index contributed by atoms with van der Waals surface area (Å²) in [7, 11) is 0. The Labute approximate surface area is 165 Å². The number of rotatable bonds is 4. The van der Waals surface area contributed by atoms with Crippen molar-refractivity contribution in [3.8, 4) is 6.07 Å². The fraction of sp³-hybridized carbons (Fsp3) is 0.391. The van der Waals surface area contributed by atoms with E-state index in [0.717, 1.165) is 37.2 Å². The molecular formula is C23H24N2O3. The molecule has 0 saturated carbocycles. The normalized spacial score (nSPS) is 22.2. The predicted octanol–water partition coefficient (Wildman–Crippen LogP) is 4.29. The summed E-state index contributed by atoms with van der Waals surface area (Å²) in [6.07, 6.45) is 1.60. The summed E-state index contributed by atoms with van der Waals surface area (Å²) < 4.78 is 11.0. The van der Waals surface area contributed by atoms with Crippen molar-refractivity contribution in [2.45, 2.75) is 25.5 Å². The molecule has 0 aromatic heterocycles. The summed E-state index contributed by atoms with van der Waals surface area (Å²) in [4.78, 5) is 14.7. The van der Waals surface area contributed by atoms with Crippen LogP contribution in [-0.2, 0) is 16.1 Å². The van der Waals surface area contributed by atoms with Gasteiger partial charge in [0.25, 0.3) is 0 Å². The minimum Gasteiger partial charge on any atom is -0.445 e. The first-order chi connectivity index (χ1) is 13.7. The fourth-order valence-corrected chi connectivity index (χ4v) is 4.06. The molecule has 28 heavy (non-hydrogen) atoms. The molecular weight excluding hydrogens is 352 g/mol. The van der Waals surface area contributed by atoms with E-state index in [0.29, 0.717) is 23.9 Å². The van der Waals surface area contributed by atoms with Crippen molar-refractivity contribution in [2.75, 3.05) is 19.8 Å². The van der Waals surface area contributed by atoms with Crippen LogP contribution in [0.5, 0.6) is 0 Å². The zero-order valence-corrected chi connectivity index (χ0v) is 15.8. The number of nitrogens with zero attached hydrogens (tertiary/aromatic N) is 2. The number of nitriles is 1. The van der Waals surface area contributed by atoms with Crippen molar-refractivity contribution >= 4 is 6.09 Å². The predicted molar refractivity (Wildman–Crippen MR) is 104 cm³/mol. The van der Waals surface area contributed by atoms with Crippen LogP contribution < -0.4 is 0 Å². The lowest BCUT2D eigenvalue weighted by Crippen LogP contribution is -2.46. The van der Waals surface area contributed by atoms with E-state index in [1.807, 2.05) is 59.5 Å². The van der Waals surface area contributed by atoms with Crippen molar-refractivity contribution in [2.24, 2.45) is 11.8 Å². The lowest BCUT2D eigenvalue weighted by molar-refractivity contribution is -0.0780. The Hall–Kier alpha value is -2.84. The van der Waals surface area contributed by atoms with Crippen LogP contribution in [-0.4, -0.2) is 30.8 Å². The smallest absolute Gasteiger partial charge is 0.410 e. The summed E-state index contributed by atoms with van der Waals surface area (Å²) in [6.45, 7) is 2.60. The molecule has 0 spiro atoms. The molecule has 5 nitrogen and oxygen atoms in total. The van der Waals surface area contributed by atoms with Crippen LogP contribution >= 0.6 is 0 Å². The average Bonchev–Trinajstić information content (AvgIpc) is 2.71. The van der Waals surface area contributed by atoms with Gasteiger partial charge in [0.05, 0.1) is 30.9 Å². The summed E-state index contributed by atoms with van der Waals surface area (Å²) in [6, 6.07) is 19.4. The van der Waals surface area contributed by atoms with E-state index >= 15 is 0 Å². The van der Waals surface area contributed by atoms with E-state index in [1.165, 1.54) is 0 Å². The van der Waals surface area contributed by atoms with Crippen LogP contribution in [0, 0.1) is 23.2 Å². The topological polar surface area (TPSA) is 62.6 Å². The molecule has 1 amide bonds. The highest BCUT2D eigenvalue weighted by atomic mass is 16.6. The molecule has 2 aromatic carbocycles. The first-order valence-corrected chi connectivity index (χ1v) is 9.79. The zero-order chi connectivity index (χ0) is 19.3. The number of carbonyl (C=O) groups is 1. The molecule has 2 saturated heterocycles. The molecule has 5 heteroatoms.